The lowest BCUT2D eigenvalue weighted by molar-refractivity contribution is 0.623. The fraction of sp³-hybridized carbons (Fsp3) is 0.231. The van der Waals surface area contributed by atoms with Gasteiger partial charge in [0.1, 0.15) is 5.82 Å². The SMILES string of the molecule is CC1=CC(c2ccc(F)cc2C)NC=C1. The molecule has 1 aliphatic rings. The Morgan fingerprint density at radius 3 is 2.73 bits per heavy atom. The summed E-state index contributed by atoms with van der Waals surface area (Å²) in [5.41, 5.74) is 3.33. The minimum atomic E-state index is -0.177. The van der Waals surface area contributed by atoms with Crippen LogP contribution in [0.15, 0.2) is 42.1 Å². The second-order valence-corrected chi connectivity index (χ2v) is 3.89. The Bertz CT molecular complexity index is 432. The topological polar surface area (TPSA) is 12.0 Å². The van der Waals surface area contributed by atoms with Gasteiger partial charge in [0.2, 0.25) is 0 Å². The van der Waals surface area contributed by atoms with Crippen molar-refractivity contribution >= 4 is 0 Å². The number of hydrogen-bond acceptors (Lipinski definition) is 1. The Labute approximate surface area is 89.3 Å². The highest BCUT2D eigenvalue weighted by Gasteiger charge is 2.11. The van der Waals surface area contributed by atoms with Crippen LogP contribution in [0.25, 0.3) is 0 Å². The normalized spacial score (nSPS) is 19.7. The fourth-order valence-corrected chi connectivity index (χ4v) is 1.82. The van der Waals surface area contributed by atoms with Crippen LogP contribution in [0.5, 0.6) is 0 Å². The van der Waals surface area contributed by atoms with Gasteiger partial charge in [-0.05, 0) is 49.4 Å². The van der Waals surface area contributed by atoms with E-state index in [1.807, 2.05) is 25.3 Å². The molecule has 0 spiro atoms. The maximum absolute atomic E-state index is 12.9. The number of allylic oxidation sites excluding steroid dienone is 2. The largest absolute Gasteiger partial charge is 0.381 e. The van der Waals surface area contributed by atoms with Gasteiger partial charge in [0.05, 0.1) is 6.04 Å². The summed E-state index contributed by atoms with van der Waals surface area (Å²) in [5, 5.41) is 3.25. The minimum absolute atomic E-state index is 0.163. The number of benzene rings is 1. The number of dihydropyridines is 1. The summed E-state index contributed by atoms with van der Waals surface area (Å²) in [7, 11) is 0. The zero-order valence-corrected chi connectivity index (χ0v) is 8.92. The number of aryl methyl sites for hydroxylation is 1. The van der Waals surface area contributed by atoms with E-state index >= 15 is 0 Å². The van der Waals surface area contributed by atoms with Crippen LogP contribution in [0.4, 0.5) is 4.39 Å². The van der Waals surface area contributed by atoms with Crippen molar-refractivity contribution in [2.24, 2.45) is 0 Å². The van der Waals surface area contributed by atoms with Crippen molar-refractivity contribution in [3.05, 3.63) is 59.1 Å². The van der Waals surface area contributed by atoms with Gasteiger partial charge in [0.15, 0.2) is 0 Å². The standard InChI is InChI=1S/C13H14FN/c1-9-5-6-15-13(7-9)12-4-3-11(14)8-10(12)2/h3-8,13,15H,1-2H3. The molecule has 0 fully saturated rings. The quantitative estimate of drug-likeness (QED) is 0.738. The van der Waals surface area contributed by atoms with Crippen molar-refractivity contribution < 1.29 is 4.39 Å². The summed E-state index contributed by atoms with van der Waals surface area (Å²) in [6.07, 6.45) is 6.10. The average Bonchev–Trinajstić information content (AvgIpc) is 2.17. The Morgan fingerprint density at radius 1 is 1.27 bits per heavy atom. The summed E-state index contributed by atoms with van der Waals surface area (Å²) in [4.78, 5) is 0. The van der Waals surface area contributed by atoms with Crippen molar-refractivity contribution in [2.75, 3.05) is 0 Å². The first kappa shape index (κ1) is 9.97. The molecule has 1 aromatic carbocycles. The van der Waals surface area contributed by atoms with Crippen molar-refractivity contribution in [1.82, 2.24) is 5.32 Å². The van der Waals surface area contributed by atoms with Gasteiger partial charge < -0.3 is 5.32 Å². The molecule has 78 valence electrons. The van der Waals surface area contributed by atoms with Crippen LogP contribution in [0, 0.1) is 12.7 Å². The monoisotopic (exact) mass is 203 g/mol. The lowest BCUT2D eigenvalue weighted by Gasteiger charge is -2.20. The molecular formula is C13H14FN. The van der Waals surface area contributed by atoms with Gasteiger partial charge in [-0.2, -0.15) is 0 Å². The van der Waals surface area contributed by atoms with Crippen molar-refractivity contribution in [3.63, 3.8) is 0 Å². The maximum Gasteiger partial charge on any atom is 0.123 e. The predicted molar refractivity (Wildman–Crippen MR) is 59.9 cm³/mol. The molecule has 2 rings (SSSR count). The Morgan fingerprint density at radius 2 is 2.07 bits per heavy atom. The molecule has 1 N–H and O–H groups in total. The summed E-state index contributed by atoms with van der Waals surface area (Å²) in [6.45, 7) is 3.99. The molecule has 0 saturated heterocycles. The van der Waals surface area contributed by atoms with E-state index < -0.39 is 0 Å². The average molecular weight is 203 g/mol. The molecule has 1 heterocycles. The van der Waals surface area contributed by atoms with E-state index in [-0.39, 0.29) is 11.9 Å². The van der Waals surface area contributed by atoms with Crippen LogP contribution in [0.2, 0.25) is 0 Å². The number of halogens is 1. The van der Waals surface area contributed by atoms with Gasteiger partial charge in [-0.1, -0.05) is 17.7 Å². The highest BCUT2D eigenvalue weighted by Crippen LogP contribution is 2.23. The smallest absolute Gasteiger partial charge is 0.123 e. The second-order valence-electron chi connectivity index (χ2n) is 3.89. The fourth-order valence-electron chi connectivity index (χ4n) is 1.82. The first-order valence-electron chi connectivity index (χ1n) is 5.04. The Balaban J connectivity index is 2.34. The van der Waals surface area contributed by atoms with E-state index in [2.05, 4.69) is 18.3 Å². The highest BCUT2D eigenvalue weighted by atomic mass is 19.1. The molecule has 2 heteroatoms. The molecule has 1 unspecified atom stereocenters. The summed E-state index contributed by atoms with van der Waals surface area (Å²) in [6, 6.07) is 5.07. The molecule has 0 aliphatic carbocycles. The molecule has 0 amide bonds. The van der Waals surface area contributed by atoms with Gasteiger partial charge in [-0.25, -0.2) is 4.39 Å². The molecule has 1 aromatic rings. The molecule has 1 atom stereocenters. The number of nitrogens with one attached hydrogen (secondary N) is 1. The van der Waals surface area contributed by atoms with E-state index in [4.69, 9.17) is 0 Å². The summed E-state index contributed by atoms with van der Waals surface area (Å²) >= 11 is 0. The molecule has 0 radical (unpaired) electrons. The zero-order valence-electron chi connectivity index (χ0n) is 8.92. The lowest BCUT2D eigenvalue weighted by atomic mass is 9.98. The molecule has 0 bridgehead atoms. The van der Waals surface area contributed by atoms with Gasteiger partial charge in [0.25, 0.3) is 0 Å². The molecule has 15 heavy (non-hydrogen) atoms. The van der Waals surface area contributed by atoms with Crippen molar-refractivity contribution in [2.45, 2.75) is 19.9 Å². The highest BCUT2D eigenvalue weighted by molar-refractivity contribution is 5.36. The zero-order chi connectivity index (χ0) is 10.8. The van der Waals surface area contributed by atoms with Crippen LogP contribution in [0.1, 0.15) is 24.1 Å². The number of hydrogen-bond donors (Lipinski definition) is 1. The first-order chi connectivity index (χ1) is 7.16. The minimum Gasteiger partial charge on any atom is -0.381 e. The number of rotatable bonds is 1. The van der Waals surface area contributed by atoms with Crippen LogP contribution >= 0.6 is 0 Å². The van der Waals surface area contributed by atoms with Crippen molar-refractivity contribution in [1.29, 1.82) is 0 Å². The molecule has 0 aromatic heterocycles. The molecule has 1 nitrogen and oxygen atoms in total. The van der Waals surface area contributed by atoms with Gasteiger partial charge in [0, 0.05) is 0 Å². The first-order valence-corrected chi connectivity index (χ1v) is 5.04. The van der Waals surface area contributed by atoms with Crippen LogP contribution in [0.3, 0.4) is 0 Å². The third-order valence-electron chi connectivity index (χ3n) is 2.62. The van der Waals surface area contributed by atoms with E-state index in [9.17, 15) is 4.39 Å². The lowest BCUT2D eigenvalue weighted by Crippen LogP contribution is -2.17. The second kappa shape index (κ2) is 3.89. The third kappa shape index (κ3) is 2.09. The van der Waals surface area contributed by atoms with Crippen LogP contribution in [-0.4, -0.2) is 0 Å². The van der Waals surface area contributed by atoms with Crippen LogP contribution < -0.4 is 5.32 Å². The summed E-state index contributed by atoms with van der Waals surface area (Å²) in [5.74, 6) is -0.177. The van der Waals surface area contributed by atoms with E-state index in [0.29, 0.717) is 0 Å². The van der Waals surface area contributed by atoms with Crippen molar-refractivity contribution in [3.8, 4) is 0 Å². The predicted octanol–water partition coefficient (Wildman–Crippen LogP) is 3.24. The van der Waals surface area contributed by atoms with Gasteiger partial charge in [-0.3, -0.25) is 0 Å². The van der Waals surface area contributed by atoms with E-state index in [1.165, 1.54) is 11.6 Å². The Kier molecular flexibility index (Phi) is 2.58. The van der Waals surface area contributed by atoms with Crippen LogP contribution in [-0.2, 0) is 0 Å². The van der Waals surface area contributed by atoms with Gasteiger partial charge >= 0.3 is 0 Å². The molecule has 0 saturated carbocycles. The molecule has 1 aliphatic heterocycles. The Hall–Kier alpha value is -1.57. The third-order valence-corrected chi connectivity index (χ3v) is 2.62. The van der Waals surface area contributed by atoms with Gasteiger partial charge in [-0.15, -0.1) is 0 Å². The molecular weight excluding hydrogens is 189 g/mol. The van der Waals surface area contributed by atoms with E-state index in [0.717, 1.165) is 11.1 Å². The maximum atomic E-state index is 12.9. The summed E-state index contributed by atoms with van der Waals surface area (Å²) < 4.78 is 12.9. The van der Waals surface area contributed by atoms with E-state index in [1.54, 1.807) is 6.07 Å².